The number of benzene rings is 2. The zero-order valence-corrected chi connectivity index (χ0v) is 15.3. The van der Waals surface area contributed by atoms with Gasteiger partial charge in [0.2, 0.25) is 5.91 Å². The van der Waals surface area contributed by atoms with E-state index in [1.54, 1.807) is 14.0 Å². The Kier molecular flexibility index (Phi) is 5.91. The molecule has 1 aliphatic heterocycles. The third-order valence-electron chi connectivity index (χ3n) is 4.75. The zero-order chi connectivity index (χ0) is 18.5. The molecule has 0 unspecified atom stereocenters. The van der Waals surface area contributed by atoms with E-state index in [9.17, 15) is 9.90 Å². The number of hydrogen-bond acceptors (Lipinski definition) is 4. The number of fused-ring (bicyclic) bond motifs is 1. The maximum Gasteiger partial charge on any atom is 0.237 e. The van der Waals surface area contributed by atoms with Crippen molar-refractivity contribution in [1.29, 1.82) is 0 Å². The Morgan fingerprint density at radius 3 is 2.65 bits per heavy atom. The summed E-state index contributed by atoms with van der Waals surface area (Å²) >= 11 is 0. The lowest BCUT2D eigenvalue weighted by atomic mass is 9.87. The molecule has 1 amide bonds. The largest absolute Gasteiger partial charge is 0.496 e. The molecule has 0 saturated heterocycles. The van der Waals surface area contributed by atoms with Crippen molar-refractivity contribution < 1.29 is 14.6 Å². The first kappa shape index (κ1) is 18.4. The summed E-state index contributed by atoms with van der Waals surface area (Å²) in [6.07, 6.45) is 0.360. The third kappa shape index (κ3) is 3.89. The molecule has 2 atom stereocenters. The molecule has 0 radical (unpaired) electrons. The van der Waals surface area contributed by atoms with Gasteiger partial charge < -0.3 is 20.1 Å². The topological polar surface area (TPSA) is 61.8 Å². The Labute approximate surface area is 154 Å². The maximum atomic E-state index is 12.9. The number of aliphatic hydroxyl groups is 1. The number of ether oxygens (including phenoxy) is 1. The Bertz CT molecular complexity index is 760. The zero-order valence-electron chi connectivity index (χ0n) is 15.3. The van der Waals surface area contributed by atoms with Crippen LogP contribution >= 0.6 is 0 Å². The number of carbonyl (C=O) groups excluding carboxylic acids is 1. The number of nitrogens with one attached hydrogen (secondary N) is 1. The highest BCUT2D eigenvalue weighted by Gasteiger charge is 2.33. The second-order valence-electron chi connectivity index (χ2n) is 6.66. The normalized spacial score (nSPS) is 17.5. The Morgan fingerprint density at radius 2 is 1.92 bits per heavy atom. The van der Waals surface area contributed by atoms with Crippen LogP contribution in [-0.4, -0.2) is 48.8 Å². The van der Waals surface area contributed by atoms with Gasteiger partial charge in [-0.25, -0.2) is 0 Å². The molecule has 2 N–H and O–H groups in total. The minimum atomic E-state index is -0.477. The van der Waals surface area contributed by atoms with Crippen LogP contribution in [0.3, 0.4) is 0 Å². The number of nitrogens with zero attached hydrogens (tertiary/aromatic N) is 1. The van der Waals surface area contributed by atoms with Crippen LogP contribution in [0.4, 0.5) is 0 Å². The molecule has 2 aromatic carbocycles. The van der Waals surface area contributed by atoms with Gasteiger partial charge >= 0.3 is 0 Å². The Hall–Kier alpha value is -2.37. The molecule has 3 rings (SSSR count). The summed E-state index contributed by atoms with van der Waals surface area (Å²) in [4.78, 5) is 14.8. The molecule has 1 heterocycles. The number of hydrogen-bond donors (Lipinski definition) is 2. The molecule has 26 heavy (non-hydrogen) atoms. The van der Waals surface area contributed by atoms with E-state index in [0.29, 0.717) is 13.1 Å². The van der Waals surface area contributed by atoms with Gasteiger partial charge in [-0.2, -0.15) is 0 Å². The second kappa shape index (κ2) is 8.34. The highest BCUT2D eigenvalue weighted by molar-refractivity contribution is 5.80. The van der Waals surface area contributed by atoms with Crippen molar-refractivity contribution in [2.24, 2.45) is 0 Å². The predicted octanol–water partition coefficient (Wildman–Crippen LogP) is 2.14. The number of amides is 1. The SMILES string of the molecule is COc1ccccc1[C@@H]1c2ccccc2CCN1C(=O)CNC[C@@H](C)O. The first-order valence-corrected chi connectivity index (χ1v) is 9.00. The molecule has 0 spiro atoms. The highest BCUT2D eigenvalue weighted by atomic mass is 16.5. The van der Waals surface area contributed by atoms with Gasteiger partial charge in [0.1, 0.15) is 5.75 Å². The molecule has 0 fully saturated rings. The molecule has 5 heteroatoms. The number of methoxy groups -OCH3 is 1. The number of para-hydroxylation sites is 1. The van der Waals surface area contributed by atoms with E-state index < -0.39 is 6.10 Å². The lowest BCUT2D eigenvalue weighted by Crippen LogP contribution is -2.45. The van der Waals surface area contributed by atoms with E-state index in [1.165, 1.54) is 5.56 Å². The number of aliphatic hydroxyl groups excluding tert-OH is 1. The smallest absolute Gasteiger partial charge is 0.237 e. The van der Waals surface area contributed by atoms with E-state index >= 15 is 0 Å². The Morgan fingerprint density at radius 1 is 1.23 bits per heavy atom. The third-order valence-corrected chi connectivity index (χ3v) is 4.75. The van der Waals surface area contributed by atoms with Crippen LogP contribution in [0.2, 0.25) is 0 Å². The van der Waals surface area contributed by atoms with Gasteiger partial charge in [-0.15, -0.1) is 0 Å². The van der Waals surface area contributed by atoms with E-state index in [2.05, 4.69) is 17.4 Å². The van der Waals surface area contributed by atoms with Crippen LogP contribution < -0.4 is 10.1 Å². The summed E-state index contributed by atoms with van der Waals surface area (Å²) in [7, 11) is 1.66. The van der Waals surface area contributed by atoms with Gasteiger partial charge in [0, 0.05) is 18.7 Å². The fraction of sp³-hybridized carbons (Fsp3) is 0.381. The average molecular weight is 354 g/mol. The second-order valence-corrected chi connectivity index (χ2v) is 6.66. The highest BCUT2D eigenvalue weighted by Crippen LogP contribution is 2.39. The van der Waals surface area contributed by atoms with E-state index in [-0.39, 0.29) is 18.5 Å². The molecule has 0 aromatic heterocycles. The van der Waals surface area contributed by atoms with E-state index in [4.69, 9.17) is 4.74 Å². The first-order valence-electron chi connectivity index (χ1n) is 9.00. The molecular weight excluding hydrogens is 328 g/mol. The number of carbonyl (C=O) groups is 1. The lowest BCUT2D eigenvalue weighted by molar-refractivity contribution is -0.132. The van der Waals surface area contributed by atoms with Crippen LogP contribution in [0, 0.1) is 0 Å². The van der Waals surface area contributed by atoms with Gasteiger partial charge in [-0.3, -0.25) is 4.79 Å². The van der Waals surface area contributed by atoms with Crippen molar-refractivity contribution in [3.05, 3.63) is 65.2 Å². The molecule has 0 bridgehead atoms. The van der Waals surface area contributed by atoms with Gasteiger partial charge in [-0.05, 0) is 30.5 Å². The van der Waals surface area contributed by atoms with Gasteiger partial charge in [0.05, 0.1) is 25.8 Å². The van der Waals surface area contributed by atoms with Crippen molar-refractivity contribution in [3.63, 3.8) is 0 Å². The summed E-state index contributed by atoms with van der Waals surface area (Å²) in [5.41, 5.74) is 3.41. The fourth-order valence-electron chi connectivity index (χ4n) is 3.55. The lowest BCUT2D eigenvalue weighted by Gasteiger charge is -2.38. The summed E-state index contributed by atoms with van der Waals surface area (Å²) in [6.45, 7) is 2.97. The van der Waals surface area contributed by atoms with E-state index in [0.717, 1.165) is 23.3 Å². The monoisotopic (exact) mass is 354 g/mol. The molecule has 138 valence electrons. The van der Waals surface area contributed by atoms with Crippen molar-refractivity contribution in [3.8, 4) is 5.75 Å². The van der Waals surface area contributed by atoms with Crippen LogP contribution in [-0.2, 0) is 11.2 Å². The van der Waals surface area contributed by atoms with Gasteiger partial charge in [0.15, 0.2) is 0 Å². The van der Waals surface area contributed by atoms with Crippen LogP contribution in [0.15, 0.2) is 48.5 Å². The van der Waals surface area contributed by atoms with Crippen LogP contribution in [0.1, 0.15) is 29.7 Å². The maximum absolute atomic E-state index is 12.9. The summed E-state index contributed by atoms with van der Waals surface area (Å²) in [5, 5.41) is 12.4. The van der Waals surface area contributed by atoms with Gasteiger partial charge in [0.25, 0.3) is 0 Å². The van der Waals surface area contributed by atoms with Crippen LogP contribution in [0.5, 0.6) is 5.75 Å². The average Bonchev–Trinajstić information content (AvgIpc) is 2.66. The Balaban J connectivity index is 1.95. The van der Waals surface area contributed by atoms with Crippen molar-refractivity contribution >= 4 is 5.91 Å². The van der Waals surface area contributed by atoms with Crippen molar-refractivity contribution in [1.82, 2.24) is 10.2 Å². The summed E-state index contributed by atoms with van der Waals surface area (Å²) in [6, 6.07) is 16.0. The summed E-state index contributed by atoms with van der Waals surface area (Å²) < 4.78 is 5.57. The quantitative estimate of drug-likeness (QED) is 0.834. The fourth-order valence-corrected chi connectivity index (χ4v) is 3.55. The first-order chi connectivity index (χ1) is 12.6. The van der Waals surface area contributed by atoms with E-state index in [1.807, 2.05) is 41.3 Å². The summed E-state index contributed by atoms with van der Waals surface area (Å²) in [5.74, 6) is 0.806. The minimum Gasteiger partial charge on any atom is -0.496 e. The molecule has 0 aliphatic carbocycles. The standard InChI is InChI=1S/C21H26N2O3/c1-15(24)13-22-14-20(25)23-12-11-16-7-3-4-8-17(16)21(23)18-9-5-6-10-19(18)26-2/h3-10,15,21-22,24H,11-14H2,1-2H3/t15-,21+/m1/s1. The molecule has 1 aliphatic rings. The van der Waals surface area contributed by atoms with Crippen molar-refractivity contribution in [2.45, 2.75) is 25.5 Å². The van der Waals surface area contributed by atoms with Crippen molar-refractivity contribution in [2.75, 3.05) is 26.7 Å². The van der Waals surface area contributed by atoms with Crippen LogP contribution in [0.25, 0.3) is 0 Å². The van der Waals surface area contributed by atoms with Gasteiger partial charge in [-0.1, -0.05) is 42.5 Å². The number of rotatable bonds is 6. The molecular formula is C21H26N2O3. The molecule has 2 aromatic rings. The predicted molar refractivity (Wildman–Crippen MR) is 101 cm³/mol. The molecule has 0 saturated carbocycles. The molecule has 5 nitrogen and oxygen atoms in total. The minimum absolute atomic E-state index is 0.0241.